The molecule has 1 atom stereocenters. The van der Waals surface area contributed by atoms with Crippen molar-refractivity contribution in [3.05, 3.63) is 35.8 Å². The summed E-state index contributed by atoms with van der Waals surface area (Å²) in [6, 6.07) is 5.52. The molecule has 1 aliphatic heterocycles. The summed E-state index contributed by atoms with van der Waals surface area (Å²) in [4.78, 5) is 24.9. The van der Waals surface area contributed by atoms with Gasteiger partial charge in [0.1, 0.15) is 11.4 Å². The van der Waals surface area contributed by atoms with Crippen molar-refractivity contribution < 1.29 is 23.5 Å². The van der Waals surface area contributed by atoms with E-state index in [1.165, 1.54) is 29.2 Å². The molecule has 1 amide bonds. The highest BCUT2D eigenvalue weighted by Gasteiger charge is 2.30. The van der Waals surface area contributed by atoms with Gasteiger partial charge in [-0.2, -0.15) is 0 Å². The van der Waals surface area contributed by atoms with Gasteiger partial charge in [0.25, 0.3) is 5.91 Å². The van der Waals surface area contributed by atoms with Crippen LogP contribution in [-0.2, 0) is 4.79 Å². The number of furan rings is 1. The van der Waals surface area contributed by atoms with Crippen LogP contribution in [0.4, 0.5) is 4.39 Å². The SMILES string of the molecule is O=C(O)[C@H]1CCCN(C(=O)c2cc3cc(F)ccc3o2)C1. The van der Waals surface area contributed by atoms with Crippen LogP contribution in [0.5, 0.6) is 0 Å². The maximum absolute atomic E-state index is 13.1. The highest BCUT2D eigenvalue weighted by molar-refractivity contribution is 5.96. The first-order chi connectivity index (χ1) is 10.0. The highest BCUT2D eigenvalue weighted by Crippen LogP contribution is 2.24. The third kappa shape index (κ3) is 2.61. The second-order valence-corrected chi connectivity index (χ2v) is 5.22. The Balaban J connectivity index is 1.84. The summed E-state index contributed by atoms with van der Waals surface area (Å²) >= 11 is 0. The topological polar surface area (TPSA) is 70.8 Å². The third-order valence-corrected chi connectivity index (χ3v) is 3.75. The van der Waals surface area contributed by atoms with Crippen molar-refractivity contribution in [2.24, 2.45) is 5.92 Å². The number of hydrogen-bond donors (Lipinski definition) is 1. The minimum atomic E-state index is -0.890. The molecule has 21 heavy (non-hydrogen) atoms. The van der Waals surface area contributed by atoms with Crippen molar-refractivity contribution in [3.63, 3.8) is 0 Å². The summed E-state index contributed by atoms with van der Waals surface area (Å²) in [5.74, 6) is -2.06. The van der Waals surface area contributed by atoms with Crippen molar-refractivity contribution in [3.8, 4) is 0 Å². The molecule has 6 heteroatoms. The molecule has 1 aliphatic rings. The molecule has 1 saturated heterocycles. The first kappa shape index (κ1) is 13.6. The molecule has 0 saturated carbocycles. The fourth-order valence-corrected chi connectivity index (χ4v) is 2.64. The monoisotopic (exact) mass is 291 g/mol. The lowest BCUT2D eigenvalue weighted by molar-refractivity contribution is -0.143. The van der Waals surface area contributed by atoms with Gasteiger partial charge >= 0.3 is 5.97 Å². The zero-order chi connectivity index (χ0) is 15.0. The Morgan fingerprint density at radius 1 is 1.33 bits per heavy atom. The van der Waals surface area contributed by atoms with Crippen LogP contribution < -0.4 is 0 Å². The fourth-order valence-electron chi connectivity index (χ4n) is 2.64. The molecule has 110 valence electrons. The lowest BCUT2D eigenvalue weighted by Gasteiger charge is -2.29. The molecular formula is C15H14FNO4. The number of hydrogen-bond acceptors (Lipinski definition) is 3. The number of nitrogens with zero attached hydrogens (tertiary/aromatic N) is 1. The summed E-state index contributed by atoms with van der Waals surface area (Å²) in [5.41, 5.74) is 0.437. The lowest BCUT2D eigenvalue weighted by atomic mass is 9.98. The Hall–Kier alpha value is -2.37. The van der Waals surface area contributed by atoms with Crippen LogP contribution in [0, 0.1) is 11.7 Å². The molecule has 0 bridgehead atoms. The quantitative estimate of drug-likeness (QED) is 0.923. The second-order valence-electron chi connectivity index (χ2n) is 5.22. The number of rotatable bonds is 2. The van der Waals surface area contributed by atoms with Crippen LogP contribution in [0.3, 0.4) is 0 Å². The van der Waals surface area contributed by atoms with Crippen LogP contribution >= 0.6 is 0 Å². The van der Waals surface area contributed by atoms with Gasteiger partial charge in [0.05, 0.1) is 5.92 Å². The van der Waals surface area contributed by atoms with E-state index >= 15 is 0 Å². The number of aliphatic carboxylic acids is 1. The van der Waals surface area contributed by atoms with Gasteiger partial charge in [-0.05, 0) is 37.1 Å². The molecule has 2 heterocycles. The lowest BCUT2D eigenvalue weighted by Crippen LogP contribution is -2.42. The molecule has 0 unspecified atom stereocenters. The summed E-state index contributed by atoms with van der Waals surface area (Å²) in [6.07, 6.45) is 1.22. The second kappa shape index (κ2) is 5.20. The highest BCUT2D eigenvalue weighted by atomic mass is 19.1. The van der Waals surface area contributed by atoms with Crippen molar-refractivity contribution in [1.29, 1.82) is 0 Å². The molecular weight excluding hydrogens is 277 g/mol. The van der Waals surface area contributed by atoms with E-state index in [2.05, 4.69) is 0 Å². The number of amides is 1. The molecule has 0 radical (unpaired) electrons. The number of carboxylic acid groups (broad SMARTS) is 1. The number of fused-ring (bicyclic) bond motifs is 1. The maximum Gasteiger partial charge on any atom is 0.308 e. The van der Waals surface area contributed by atoms with Crippen LogP contribution in [-0.4, -0.2) is 35.0 Å². The molecule has 1 fully saturated rings. The van der Waals surface area contributed by atoms with Crippen LogP contribution in [0.2, 0.25) is 0 Å². The van der Waals surface area contributed by atoms with E-state index in [1.54, 1.807) is 0 Å². The largest absolute Gasteiger partial charge is 0.481 e. The summed E-state index contributed by atoms with van der Waals surface area (Å²) in [5, 5.41) is 9.57. The number of likely N-dealkylation sites (tertiary alicyclic amines) is 1. The van der Waals surface area contributed by atoms with E-state index in [0.717, 1.165) is 0 Å². The van der Waals surface area contributed by atoms with Crippen molar-refractivity contribution in [2.45, 2.75) is 12.8 Å². The molecule has 1 aromatic carbocycles. The van der Waals surface area contributed by atoms with Crippen molar-refractivity contribution in [1.82, 2.24) is 4.90 Å². The zero-order valence-electron chi connectivity index (χ0n) is 11.2. The van der Waals surface area contributed by atoms with Crippen LogP contribution in [0.25, 0.3) is 11.0 Å². The number of halogens is 1. The Kier molecular flexibility index (Phi) is 3.37. The third-order valence-electron chi connectivity index (χ3n) is 3.75. The van der Waals surface area contributed by atoms with E-state index in [-0.39, 0.29) is 18.2 Å². The maximum atomic E-state index is 13.1. The minimum absolute atomic E-state index is 0.113. The summed E-state index contributed by atoms with van der Waals surface area (Å²) < 4.78 is 18.6. The van der Waals surface area contributed by atoms with Gasteiger partial charge in [-0.1, -0.05) is 0 Å². The summed E-state index contributed by atoms with van der Waals surface area (Å²) in [7, 11) is 0. The van der Waals surface area contributed by atoms with Gasteiger partial charge in [-0.25, -0.2) is 4.39 Å². The Morgan fingerprint density at radius 3 is 2.90 bits per heavy atom. The Labute approximate surface area is 119 Å². The first-order valence-electron chi connectivity index (χ1n) is 6.76. The Morgan fingerprint density at radius 2 is 2.14 bits per heavy atom. The van der Waals surface area contributed by atoms with E-state index in [1.807, 2.05) is 0 Å². The normalized spacial score (nSPS) is 18.9. The fraction of sp³-hybridized carbons (Fsp3) is 0.333. The van der Waals surface area contributed by atoms with E-state index in [0.29, 0.717) is 30.4 Å². The number of carbonyl (C=O) groups is 2. The number of carboxylic acids is 1. The standard InChI is InChI=1S/C15H14FNO4/c16-11-3-4-12-10(6-11)7-13(21-12)14(18)17-5-1-2-9(8-17)15(19)20/h3-4,6-7,9H,1-2,5,8H2,(H,19,20)/t9-/m0/s1. The molecule has 0 spiro atoms. The van der Waals surface area contributed by atoms with Gasteiger partial charge in [0, 0.05) is 18.5 Å². The average molecular weight is 291 g/mol. The zero-order valence-corrected chi connectivity index (χ0v) is 11.2. The molecule has 2 aromatic rings. The van der Waals surface area contributed by atoms with Gasteiger partial charge in [-0.3, -0.25) is 9.59 Å². The van der Waals surface area contributed by atoms with Gasteiger partial charge in [0.15, 0.2) is 5.76 Å². The smallest absolute Gasteiger partial charge is 0.308 e. The van der Waals surface area contributed by atoms with Gasteiger partial charge < -0.3 is 14.4 Å². The van der Waals surface area contributed by atoms with Crippen molar-refractivity contribution >= 4 is 22.8 Å². The molecule has 1 N–H and O–H groups in total. The Bertz CT molecular complexity index is 709. The van der Waals surface area contributed by atoms with E-state index in [4.69, 9.17) is 9.52 Å². The molecule has 1 aromatic heterocycles. The average Bonchev–Trinajstić information content (AvgIpc) is 2.89. The minimum Gasteiger partial charge on any atom is -0.481 e. The van der Waals surface area contributed by atoms with E-state index < -0.39 is 17.7 Å². The van der Waals surface area contributed by atoms with E-state index in [9.17, 15) is 14.0 Å². The number of carbonyl (C=O) groups excluding carboxylic acids is 1. The van der Waals surface area contributed by atoms with Gasteiger partial charge in [0.2, 0.25) is 0 Å². The van der Waals surface area contributed by atoms with Crippen LogP contribution in [0.15, 0.2) is 28.7 Å². The molecule has 5 nitrogen and oxygen atoms in total. The predicted octanol–water partition coefficient (Wildman–Crippen LogP) is 2.51. The summed E-state index contributed by atoms with van der Waals surface area (Å²) in [6.45, 7) is 0.688. The number of benzene rings is 1. The number of piperidine rings is 1. The van der Waals surface area contributed by atoms with Crippen LogP contribution in [0.1, 0.15) is 23.4 Å². The van der Waals surface area contributed by atoms with Crippen molar-refractivity contribution in [2.75, 3.05) is 13.1 Å². The molecule has 3 rings (SSSR count). The first-order valence-corrected chi connectivity index (χ1v) is 6.76. The van der Waals surface area contributed by atoms with Gasteiger partial charge in [-0.15, -0.1) is 0 Å². The molecule has 0 aliphatic carbocycles. The predicted molar refractivity (Wildman–Crippen MR) is 72.4 cm³/mol.